The van der Waals surface area contributed by atoms with Crippen molar-refractivity contribution in [3.63, 3.8) is 0 Å². The minimum Gasteiger partial charge on any atom is -0.487 e. The summed E-state index contributed by atoms with van der Waals surface area (Å²) in [7, 11) is 0. The molecule has 0 aliphatic heterocycles. The van der Waals surface area contributed by atoms with Crippen molar-refractivity contribution in [2.75, 3.05) is 10.6 Å². The third-order valence-electron chi connectivity index (χ3n) is 11.5. The van der Waals surface area contributed by atoms with Crippen LogP contribution in [0.5, 0.6) is 11.5 Å². The first kappa shape index (κ1) is 50.4. The van der Waals surface area contributed by atoms with E-state index in [0.717, 1.165) is 44.5 Å². The highest BCUT2D eigenvalue weighted by Crippen LogP contribution is 2.32. The van der Waals surface area contributed by atoms with E-state index in [4.69, 9.17) is 23.7 Å². The molecule has 0 radical (unpaired) electrons. The molecule has 12 nitrogen and oxygen atoms in total. The van der Waals surface area contributed by atoms with Crippen LogP contribution in [0, 0.1) is 0 Å². The molecule has 8 aromatic carbocycles. The van der Waals surface area contributed by atoms with Crippen LogP contribution in [0.15, 0.2) is 218 Å². The molecule has 0 aliphatic carbocycles. The van der Waals surface area contributed by atoms with Crippen LogP contribution in [-0.4, -0.2) is 34.3 Å². The Morgan fingerprint density at radius 3 is 1.01 bits per heavy atom. The van der Waals surface area contributed by atoms with Crippen LogP contribution < -0.4 is 20.1 Å². The van der Waals surface area contributed by atoms with Gasteiger partial charge in [-0.15, -0.1) is 0 Å². The summed E-state index contributed by atoms with van der Waals surface area (Å²) in [5, 5.41) is 6.79. The van der Waals surface area contributed by atoms with E-state index >= 15 is 0 Å². The summed E-state index contributed by atoms with van der Waals surface area (Å²) in [6.07, 6.45) is -2.16. The van der Waals surface area contributed by atoms with Gasteiger partial charge in [0.05, 0.1) is 11.4 Å². The van der Waals surface area contributed by atoms with Crippen molar-refractivity contribution in [3.05, 3.63) is 263 Å². The van der Waals surface area contributed by atoms with Gasteiger partial charge in [0.1, 0.15) is 37.9 Å². The van der Waals surface area contributed by atoms with Gasteiger partial charge in [0, 0.05) is 33.1 Å². The first-order valence-electron chi connectivity index (χ1n) is 24.1. The molecular formula is C61H58N4O8. The topological polar surface area (TPSA) is 128 Å². The molecule has 0 aromatic heterocycles. The van der Waals surface area contributed by atoms with Crippen molar-refractivity contribution < 1.29 is 38.1 Å². The molecule has 2 N–H and O–H groups in total. The van der Waals surface area contributed by atoms with Crippen molar-refractivity contribution in [1.29, 1.82) is 0 Å². The fraction of sp³-hybridized carbons (Fsp3) is 0.164. The van der Waals surface area contributed by atoms with Crippen molar-refractivity contribution in [2.24, 2.45) is 0 Å². The maximum absolute atomic E-state index is 13.9. The highest BCUT2D eigenvalue weighted by Gasteiger charge is 2.23. The highest BCUT2D eigenvalue weighted by atomic mass is 16.6. The van der Waals surface area contributed by atoms with E-state index in [-0.39, 0.29) is 52.6 Å². The summed E-state index contributed by atoms with van der Waals surface area (Å²) >= 11 is 0. The number of esters is 1. The fourth-order valence-corrected chi connectivity index (χ4v) is 7.88. The zero-order chi connectivity index (χ0) is 50.5. The van der Waals surface area contributed by atoms with Gasteiger partial charge in [0.15, 0.2) is 0 Å². The van der Waals surface area contributed by atoms with Crippen molar-refractivity contribution in [1.82, 2.24) is 9.80 Å². The van der Waals surface area contributed by atoms with E-state index in [2.05, 4.69) is 10.6 Å². The number of hydrogen-bond donors (Lipinski definition) is 2. The predicted octanol–water partition coefficient (Wildman–Crippen LogP) is 12.9. The van der Waals surface area contributed by atoms with E-state index in [0.29, 0.717) is 22.9 Å². The molecule has 12 heteroatoms. The maximum atomic E-state index is 13.9. The van der Waals surface area contributed by atoms with Crippen molar-refractivity contribution in [2.45, 2.75) is 65.9 Å². The number of rotatable bonds is 23. The van der Waals surface area contributed by atoms with Gasteiger partial charge in [-0.05, 0) is 68.8 Å². The normalized spacial score (nSPS) is 10.7. The molecule has 0 fully saturated rings. The molecule has 0 atom stereocenters. The third-order valence-corrected chi connectivity index (χ3v) is 11.5. The van der Waals surface area contributed by atoms with Crippen LogP contribution in [0.3, 0.4) is 0 Å². The van der Waals surface area contributed by atoms with Crippen LogP contribution in [0.25, 0.3) is 0 Å². The average molecular weight is 975 g/mol. The number of carbonyl (C=O) groups excluding carboxylic acids is 3. The van der Waals surface area contributed by atoms with Gasteiger partial charge in [0.25, 0.3) is 6.35 Å². The average Bonchev–Trinajstić information content (AvgIpc) is 3.42. The number of hydrogen-bond acceptors (Lipinski definition) is 10. The summed E-state index contributed by atoms with van der Waals surface area (Å²) in [4.78, 5) is 44.0. The smallest absolute Gasteiger partial charge is 0.410 e. The quantitative estimate of drug-likeness (QED) is 0.0363. The first-order valence-corrected chi connectivity index (χ1v) is 24.1. The second-order valence-electron chi connectivity index (χ2n) is 17.3. The molecule has 0 aliphatic rings. The molecule has 0 spiro atoms. The molecule has 73 heavy (non-hydrogen) atoms. The zero-order valence-corrected chi connectivity index (χ0v) is 40.7. The van der Waals surface area contributed by atoms with E-state index in [1.54, 1.807) is 9.80 Å². The van der Waals surface area contributed by atoms with Gasteiger partial charge in [0.2, 0.25) is 0 Å². The van der Waals surface area contributed by atoms with Crippen LogP contribution in [0.4, 0.5) is 21.0 Å². The summed E-state index contributed by atoms with van der Waals surface area (Å²) in [5.74, 6) is 0.363. The number of benzene rings is 8. The molecular weight excluding hydrogens is 917 g/mol. The number of carbonyl (C=O) groups is 3. The van der Waals surface area contributed by atoms with Gasteiger partial charge in [-0.3, -0.25) is 14.6 Å². The minimum atomic E-state index is -1.19. The number of nitrogens with zero attached hydrogens (tertiary/aromatic N) is 2. The standard InChI is InChI=1S/C61H58N4O8/c1-46(66)73-59(62-55-36-53(32-34-57(55)69-42-49-24-12-4-13-25-49)40-64(38-47-20-8-2-9-21-47)60(67)71-44-51-28-16-6-17-29-51)63-56-37-54(33-35-58(56)70-43-50-26-14-5-15-27-50)41-65(39-48-22-10-3-11-23-48)61(68)72-45-52-30-18-7-19-31-52/h2-37,59,62-63H,38-45H2,1H3. The molecule has 2 amide bonds. The monoisotopic (exact) mass is 974 g/mol. The molecule has 0 bridgehead atoms. The van der Waals surface area contributed by atoms with Gasteiger partial charge in [-0.2, -0.15) is 0 Å². The largest absolute Gasteiger partial charge is 0.487 e. The SMILES string of the molecule is CC(=O)OC(Nc1cc(CN(Cc2ccccc2)C(=O)OCc2ccccc2)ccc1OCc1ccccc1)Nc1cc(CN(Cc2ccccc2)C(=O)OCc2ccccc2)ccc1OCc1ccccc1. The van der Waals surface area contributed by atoms with Crippen LogP contribution >= 0.6 is 0 Å². The lowest BCUT2D eigenvalue weighted by atomic mass is 10.1. The summed E-state index contributed by atoms with van der Waals surface area (Å²) in [5.41, 5.74) is 7.94. The number of nitrogens with one attached hydrogen (secondary N) is 2. The molecule has 370 valence electrons. The number of anilines is 2. The Kier molecular flexibility index (Phi) is 18.1. The molecule has 0 unspecified atom stereocenters. The lowest BCUT2D eigenvalue weighted by molar-refractivity contribution is -0.143. The van der Waals surface area contributed by atoms with Crippen LogP contribution in [0.1, 0.15) is 51.4 Å². The van der Waals surface area contributed by atoms with Gasteiger partial charge >= 0.3 is 18.2 Å². The minimum absolute atomic E-state index is 0.113. The Morgan fingerprint density at radius 2 is 0.685 bits per heavy atom. The van der Waals surface area contributed by atoms with Gasteiger partial charge in [-0.1, -0.05) is 194 Å². The Labute approximate surface area is 426 Å². The van der Waals surface area contributed by atoms with Crippen molar-refractivity contribution in [3.8, 4) is 11.5 Å². The Bertz CT molecular complexity index is 2770. The molecule has 8 aromatic rings. The van der Waals surface area contributed by atoms with Crippen LogP contribution in [0.2, 0.25) is 0 Å². The van der Waals surface area contributed by atoms with Gasteiger partial charge in [-0.25, -0.2) is 9.59 Å². The molecule has 0 heterocycles. The summed E-state index contributed by atoms with van der Waals surface area (Å²) in [6.45, 7) is 2.98. The first-order chi connectivity index (χ1) is 35.8. The molecule has 0 saturated carbocycles. The maximum Gasteiger partial charge on any atom is 0.410 e. The Hall–Kier alpha value is -9.03. The Morgan fingerprint density at radius 1 is 0.384 bits per heavy atom. The number of ether oxygens (including phenoxy) is 5. The molecule has 0 saturated heterocycles. The fourth-order valence-electron chi connectivity index (χ4n) is 7.88. The number of amides is 2. The second kappa shape index (κ2) is 26.3. The third kappa shape index (κ3) is 16.0. The lowest BCUT2D eigenvalue weighted by Gasteiger charge is -2.27. The lowest BCUT2D eigenvalue weighted by Crippen LogP contribution is -2.34. The highest BCUT2D eigenvalue weighted by molar-refractivity contribution is 5.70. The van der Waals surface area contributed by atoms with E-state index in [1.165, 1.54) is 6.92 Å². The van der Waals surface area contributed by atoms with E-state index in [9.17, 15) is 14.4 Å². The van der Waals surface area contributed by atoms with Crippen LogP contribution in [-0.2, 0) is 71.6 Å². The second-order valence-corrected chi connectivity index (χ2v) is 17.3. The zero-order valence-electron chi connectivity index (χ0n) is 40.7. The van der Waals surface area contributed by atoms with E-state index < -0.39 is 24.5 Å². The van der Waals surface area contributed by atoms with Crippen molar-refractivity contribution >= 4 is 29.5 Å². The summed E-state index contributed by atoms with van der Waals surface area (Å²) in [6, 6.07) is 69.3. The van der Waals surface area contributed by atoms with Gasteiger partial charge < -0.3 is 34.3 Å². The predicted molar refractivity (Wildman–Crippen MR) is 282 cm³/mol. The molecule has 8 rings (SSSR count). The van der Waals surface area contributed by atoms with E-state index in [1.807, 2.05) is 218 Å². The summed E-state index contributed by atoms with van der Waals surface area (Å²) < 4.78 is 30.6. The Balaban J connectivity index is 1.10.